The van der Waals surface area contributed by atoms with Gasteiger partial charge in [0.25, 0.3) is 11.8 Å². The van der Waals surface area contributed by atoms with Gasteiger partial charge in [0.2, 0.25) is 0 Å². The lowest BCUT2D eigenvalue weighted by atomic mass is 10.1. The van der Waals surface area contributed by atoms with Crippen molar-refractivity contribution in [3.8, 4) is 0 Å². The number of thiol groups is 2. The molecule has 2 aromatic rings. The first-order valence-electron chi connectivity index (χ1n) is 6.98. The Morgan fingerprint density at radius 3 is 1.64 bits per heavy atom. The number of hydrogen-bond acceptors (Lipinski definition) is 4. The Morgan fingerprint density at radius 1 is 0.864 bits per heavy atom. The summed E-state index contributed by atoms with van der Waals surface area (Å²) in [4.78, 5) is 27.8. The molecule has 3 nitrogen and oxygen atoms in total. The van der Waals surface area contributed by atoms with Crippen molar-refractivity contribution in [2.45, 2.75) is 23.1 Å². The lowest BCUT2D eigenvalue weighted by Gasteiger charge is -2.21. The average Bonchev–Trinajstić information content (AvgIpc) is 2.52. The number of nitrogens with zero attached hydrogens (tertiary/aromatic N) is 1. The number of hydrogen-bond donors (Lipinski definition) is 2. The van der Waals surface area contributed by atoms with Gasteiger partial charge in [-0.25, -0.2) is 0 Å². The Bertz CT molecular complexity index is 643. The fourth-order valence-corrected chi connectivity index (χ4v) is 2.63. The van der Waals surface area contributed by atoms with E-state index in [1.807, 2.05) is 6.92 Å². The summed E-state index contributed by atoms with van der Waals surface area (Å²) >= 11 is 8.60. The van der Waals surface area contributed by atoms with Crippen LogP contribution in [0.25, 0.3) is 0 Å². The molecule has 0 aliphatic rings. The minimum Gasteiger partial charge on any atom is -0.274 e. The molecule has 0 spiro atoms. The van der Waals surface area contributed by atoms with E-state index in [-0.39, 0.29) is 11.8 Å². The van der Waals surface area contributed by atoms with Gasteiger partial charge in [-0.2, -0.15) is 0 Å². The van der Waals surface area contributed by atoms with E-state index in [0.29, 0.717) is 33.9 Å². The summed E-state index contributed by atoms with van der Waals surface area (Å²) < 4.78 is 0. The minimum absolute atomic E-state index is 0.339. The van der Waals surface area contributed by atoms with Crippen LogP contribution >= 0.6 is 25.3 Å². The molecule has 2 amide bonds. The molecule has 0 unspecified atom stereocenters. The maximum absolute atomic E-state index is 12.7. The van der Waals surface area contributed by atoms with Crippen LogP contribution in [-0.2, 0) is 0 Å². The Balaban J connectivity index is 2.38. The Labute approximate surface area is 141 Å². The molecule has 0 bridgehead atoms. The molecule has 114 valence electrons. The smallest absolute Gasteiger partial charge is 0.261 e. The highest BCUT2D eigenvalue weighted by molar-refractivity contribution is 7.80. The average molecular weight is 331 g/mol. The first-order chi connectivity index (χ1) is 10.6. The van der Waals surface area contributed by atoms with Crippen molar-refractivity contribution in [1.82, 2.24) is 4.90 Å². The molecule has 0 heterocycles. The van der Waals surface area contributed by atoms with E-state index in [9.17, 15) is 9.59 Å². The van der Waals surface area contributed by atoms with Crippen LogP contribution in [-0.4, -0.2) is 23.3 Å². The number of carbonyl (C=O) groups excluding carboxylic acids is 2. The molecule has 0 N–H and O–H groups in total. The summed E-state index contributed by atoms with van der Waals surface area (Å²) in [5.41, 5.74) is 0.841. The Morgan fingerprint density at radius 2 is 1.27 bits per heavy atom. The van der Waals surface area contributed by atoms with Crippen LogP contribution in [0.1, 0.15) is 34.1 Å². The van der Waals surface area contributed by atoms with Gasteiger partial charge in [-0.3, -0.25) is 14.5 Å². The maximum atomic E-state index is 12.7. The quantitative estimate of drug-likeness (QED) is 0.657. The van der Waals surface area contributed by atoms with Gasteiger partial charge in [0.05, 0.1) is 11.1 Å². The third-order valence-corrected chi connectivity index (χ3v) is 3.99. The topological polar surface area (TPSA) is 37.4 Å². The van der Waals surface area contributed by atoms with Crippen molar-refractivity contribution in [2.75, 3.05) is 6.54 Å². The maximum Gasteiger partial charge on any atom is 0.261 e. The second kappa shape index (κ2) is 7.51. The first-order valence-corrected chi connectivity index (χ1v) is 7.88. The molecular formula is C17H17NO2S2. The molecule has 2 aromatic carbocycles. The lowest BCUT2D eigenvalue weighted by Crippen LogP contribution is -2.38. The van der Waals surface area contributed by atoms with E-state index < -0.39 is 0 Å². The van der Waals surface area contributed by atoms with Crippen LogP contribution in [0, 0.1) is 0 Å². The molecule has 0 aromatic heterocycles. The molecule has 22 heavy (non-hydrogen) atoms. The van der Waals surface area contributed by atoms with Crippen LogP contribution in [0.4, 0.5) is 0 Å². The van der Waals surface area contributed by atoms with E-state index >= 15 is 0 Å². The predicted molar refractivity (Wildman–Crippen MR) is 93.0 cm³/mol. The monoisotopic (exact) mass is 331 g/mol. The van der Waals surface area contributed by atoms with Crippen molar-refractivity contribution in [3.05, 3.63) is 59.7 Å². The number of rotatable bonds is 4. The second-order valence-electron chi connectivity index (χ2n) is 4.80. The highest BCUT2D eigenvalue weighted by Crippen LogP contribution is 2.20. The van der Waals surface area contributed by atoms with Gasteiger partial charge in [0.1, 0.15) is 0 Å². The van der Waals surface area contributed by atoms with E-state index in [1.54, 1.807) is 48.5 Å². The normalized spacial score (nSPS) is 10.3. The van der Waals surface area contributed by atoms with Gasteiger partial charge in [-0.05, 0) is 30.7 Å². The van der Waals surface area contributed by atoms with Crippen molar-refractivity contribution < 1.29 is 9.59 Å². The lowest BCUT2D eigenvalue weighted by molar-refractivity contribution is 0.0612. The largest absolute Gasteiger partial charge is 0.274 e. The standard InChI is InChI=1S/C17H17NO2S2/c1-2-11-18(16(19)12-7-3-5-9-14(12)21)17(20)13-8-4-6-10-15(13)22/h3-10,21-22H,2,11H2,1H3. The van der Waals surface area contributed by atoms with Gasteiger partial charge >= 0.3 is 0 Å². The van der Waals surface area contributed by atoms with Crippen LogP contribution in [0.3, 0.4) is 0 Å². The van der Waals surface area contributed by atoms with Gasteiger partial charge in [-0.1, -0.05) is 31.2 Å². The van der Waals surface area contributed by atoms with E-state index in [1.165, 1.54) is 4.90 Å². The van der Waals surface area contributed by atoms with Crippen LogP contribution in [0.5, 0.6) is 0 Å². The van der Waals surface area contributed by atoms with E-state index in [2.05, 4.69) is 25.3 Å². The molecule has 0 aliphatic heterocycles. The number of amides is 2. The summed E-state index contributed by atoms with van der Waals surface area (Å²) in [5, 5.41) is 0. The molecule has 5 heteroatoms. The number of carbonyl (C=O) groups is 2. The van der Waals surface area contributed by atoms with Crippen molar-refractivity contribution in [1.29, 1.82) is 0 Å². The van der Waals surface area contributed by atoms with E-state index in [0.717, 1.165) is 0 Å². The summed E-state index contributed by atoms with van der Waals surface area (Å²) in [6.07, 6.45) is 0.682. The third-order valence-electron chi connectivity index (χ3n) is 3.21. The molecule has 0 saturated heterocycles. The Kier molecular flexibility index (Phi) is 5.69. The fraction of sp³-hybridized carbons (Fsp3) is 0.176. The molecule has 0 radical (unpaired) electrons. The molecule has 0 saturated carbocycles. The first kappa shape index (κ1) is 16.6. The van der Waals surface area contributed by atoms with Crippen LogP contribution in [0.15, 0.2) is 58.3 Å². The van der Waals surface area contributed by atoms with Gasteiger partial charge in [0.15, 0.2) is 0 Å². The SMILES string of the molecule is CCCN(C(=O)c1ccccc1S)C(=O)c1ccccc1S. The van der Waals surface area contributed by atoms with Crippen LogP contribution in [0.2, 0.25) is 0 Å². The van der Waals surface area contributed by atoms with Crippen LogP contribution < -0.4 is 0 Å². The number of benzene rings is 2. The molecule has 0 atom stereocenters. The summed E-state index contributed by atoms with van der Waals surface area (Å²) in [5.74, 6) is -0.678. The zero-order chi connectivity index (χ0) is 16.1. The van der Waals surface area contributed by atoms with Crippen molar-refractivity contribution in [2.24, 2.45) is 0 Å². The van der Waals surface area contributed by atoms with E-state index in [4.69, 9.17) is 0 Å². The third kappa shape index (κ3) is 3.54. The summed E-state index contributed by atoms with van der Waals surface area (Å²) in [6.45, 7) is 2.27. The molecular weight excluding hydrogens is 314 g/mol. The Hall–Kier alpha value is -1.72. The fourth-order valence-electron chi connectivity index (χ4n) is 2.12. The highest BCUT2D eigenvalue weighted by Gasteiger charge is 2.25. The van der Waals surface area contributed by atoms with Crippen molar-refractivity contribution >= 4 is 37.1 Å². The predicted octanol–water partition coefficient (Wildman–Crippen LogP) is 3.96. The molecule has 0 fully saturated rings. The van der Waals surface area contributed by atoms with Crippen molar-refractivity contribution in [3.63, 3.8) is 0 Å². The molecule has 2 rings (SSSR count). The zero-order valence-electron chi connectivity index (χ0n) is 12.2. The summed E-state index contributed by atoms with van der Waals surface area (Å²) in [6, 6.07) is 13.9. The highest BCUT2D eigenvalue weighted by atomic mass is 32.1. The zero-order valence-corrected chi connectivity index (χ0v) is 14.0. The second-order valence-corrected chi connectivity index (χ2v) is 5.76. The number of imide groups is 1. The van der Waals surface area contributed by atoms with Gasteiger partial charge in [-0.15, -0.1) is 25.3 Å². The van der Waals surface area contributed by atoms with Gasteiger partial charge in [0, 0.05) is 16.3 Å². The summed E-state index contributed by atoms with van der Waals surface area (Å²) in [7, 11) is 0. The minimum atomic E-state index is -0.339. The molecule has 0 aliphatic carbocycles. The van der Waals surface area contributed by atoms with Gasteiger partial charge < -0.3 is 0 Å².